The summed E-state index contributed by atoms with van der Waals surface area (Å²) < 4.78 is 0. The Hall–Kier alpha value is -0.810. The number of nitrogens with one attached hydrogen (secondary N) is 2. The van der Waals surface area contributed by atoms with Crippen LogP contribution in [-0.4, -0.2) is 53.9 Å². The minimum absolute atomic E-state index is 0.0290. The van der Waals surface area contributed by atoms with Crippen molar-refractivity contribution in [3.05, 3.63) is 0 Å². The summed E-state index contributed by atoms with van der Waals surface area (Å²) in [6, 6.07) is 0.408. The smallest absolute Gasteiger partial charge is 0.315 e. The van der Waals surface area contributed by atoms with Crippen LogP contribution in [0.1, 0.15) is 53.4 Å². The number of amides is 2. The summed E-state index contributed by atoms with van der Waals surface area (Å²) in [5.74, 6) is 0.526. The van der Waals surface area contributed by atoms with Crippen LogP contribution in [0.2, 0.25) is 0 Å². The largest absolute Gasteiger partial charge is 0.394 e. The molecule has 0 spiro atoms. The molecule has 2 amide bonds. The molecule has 21 heavy (non-hydrogen) atoms. The molecule has 1 aliphatic rings. The van der Waals surface area contributed by atoms with Gasteiger partial charge in [-0.15, -0.1) is 0 Å². The van der Waals surface area contributed by atoms with Crippen LogP contribution in [0.3, 0.4) is 0 Å². The van der Waals surface area contributed by atoms with E-state index in [1.807, 2.05) is 6.92 Å². The standard InChI is InChI=1S/C16H33N3O2/c1-5-8-16(4,12-20)18-15(21)17-10-14-7-6-9-19(11-14)13(2)3/h13-14,20H,5-12H2,1-4H3,(H2,17,18,21). The fourth-order valence-corrected chi connectivity index (χ4v) is 3.02. The maximum absolute atomic E-state index is 12.0. The molecule has 0 saturated carbocycles. The number of urea groups is 1. The van der Waals surface area contributed by atoms with E-state index in [1.54, 1.807) is 0 Å². The number of carbonyl (C=O) groups is 1. The van der Waals surface area contributed by atoms with Gasteiger partial charge >= 0.3 is 6.03 Å². The Morgan fingerprint density at radius 2 is 2.19 bits per heavy atom. The third-order valence-electron chi connectivity index (χ3n) is 4.40. The van der Waals surface area contributed by atoms with Gasteiger partial charge in [-0.25, -0.2) is 4.79 Å². The molecule has 0 aliphatic carbocycles. The number of aliphatic hydroxyl groups excluding tert-OH is 1. The third kappa shape index (κ3) is 6.22. The Bertz CT molecular complexity index is 323. The highest BCUT2D eigenvalue weighted by molar-refractivity contribution is 5.74. The van der Waals surface area contributed by atoms with Gasteiger partial charge in [-0.05, 0) is 52.5 Å². The molecule has 5 nitrogen and oxygen atoms in total. The summed E-state index contributed by atoms with van der Waals surface area (Å²) >= 11 is 0. The molecule has 124 valence electrons. The van der Waals surface area contributed by atoms with Crippen molar-refractivity contribution >= 4 is 6.03 Å². The van der Waals surface area contributed by atoms with E-state index < -0.39 is 5.54 Å². The Kier molecular flexibility index (Phi) is 7.46. The Morgan fingerprint density at radius 1 is 1.48 bits per heavy atom. The normalized spacial score (nSPS) is 22.9. The van der Waals surface area contributed by atoms with Gasteiger partial charge in [0.2, 0.25) is 0 Å². The Balaban J connectivity index is 2.35. The van der Waals surface area contributed by atoms with E-state index in [0.29, 0.717) is 18.5 Å². The number of piperidine rings is 1. The molecule has 1 rings (SSSR count). The second-order valence-electron chi connectivity index (χ2n) is 6.90. The van der Waals surface area contributed by atoms with Crippen LogP contribution < -0.4 is 10.6 Å². The van der Waals surface area contributed by atoms with E-state index in [9.17, 15) is 9.90 Å². The van der Waals surface area contributed by atoms with E-state index in [2.05, 4.69) is 36.3 Å². The maximum Gasteiger partial charge on any atom is 0.315 e. The predicted molar refractivity (Wildman–Crippen MR) is 86.4 cm³/mol. The number of carbonyl (C=O) groups excluding carboxylic acids is 1. The molecule has 1 aliphatic heterocycles. The molecule has 0 bridgehead atoms. The van der Waals surface area contributed by atoms with Crippen LogP contribution >= 0.6 is 0 Å². The minimum Gasteiger partial charge on any atom is -0.394 e. The van der Waals surface area contributed by atoms with Crippen LogP contribution in [0.25, 0.3) is 0 Å². The van der Waals surface area contributed by atoms with Gasteiger partial charge in [0.1, 0.15) is 0 Å². The van der Waals surface area contributed by atoms with Gasteiger partial charge in [0.15, 0.2) is 0 Å². The minimum atomic E-state index is -0.518. The highest BCUT2D eigenvalue weighted by atomic mass is 16.3. The number of nitrogens with zero attached hydrogens (tertiary/aromatic N) is 1. The van der Waals surface area contributed by atoms with Crippen LogP contribution in [0, 0.1) is 5.92 Å². The van der Waals surface area contributed by atoms with Crippen molar-refractivity contribution in [1.29, 1.82) is 0 Å². The topological polar surface area (TPSA) is 64.6 Å². The number of aliphatic hydroxyl groups is 1. The summed E-state index contributed by atoms with van der Waals surface area (Å²) in [5.41, 5.74) is -0.518. The first-order valence-corrected chi connectivity index (χ1v) is 8.31. The van der Waals surface area contributed by atoms with Crippen molar-refractivity contribution in [3.8, 4) is 0 Å². The molecule has 0 aromatic heterocycles. The summed E-state index contributed by atoms with van der Waals surface area (Å²) in [7, 11) is 0. The molecule has 3 N–H and O–H groups in total. The van der Waals surface area contributed by atoms with Crippen LogP contribution in [0.4, 0.5) is 4.79 Å². The van der Waals surface area contributed by atoms with Crippen molar-refractivity contribution in [2.24, 2.45) is 5.92 Å². The number of hydrogen-bond acceptors (Lipinski definition) is 3. The quantitative estimate of drug-likeness (QED) is 0.673. The van der Waals surface area contributed by atoms with Crippen LogP contribution in [0.5, 0.6) is 0 Å². The van der Waals surface area contributed by atoms with E-state index in [1.165, 1.54) is 19.4 Å². The average Bonchev–Trinajstić information content (AvgIpc) is 2.45. The molecule has 2 atom stereocenters. The monoisotopic (exact) mass is 299 g/mol. The zero-order chi connectivity index (χ0) is 15.9. The molecule has 0 aromatic carbocycles. The van der Waals surface area contributed by atoms with E-state index >= 15 is 0 Å². The van der Waals surface area contributed by atoms with Gasteiger partial charge in [-0.3, -0.25) is 0 Å². The lowest BCUT2D eigenvalue weighted by atomic mass is 9.96. The van der Waals surface area contributed by atoms with Crippen molar-refractivity contribution in [1.82, 2.24) is 15.5 Å². The molecular formula is C16H33N3O2. The second-order valence-corrected chi connectivity index (χ2v) is 6.90. The average molecular weight is 299 g/mol. The van der Waals surface area contributed by atoms with Crippen molar-refractivity contribution in [2.45, 2.75) is 65.0 Å². The van der Waals surface area contributed by atoms with Gasteiger partial charge < -0.3 is 20.6 Å². The fraction of sp³-hybridized carbons (Fsp3) is 0.938. The van der Waals surface area contributed by atoms with Crippen LogP contribution in [0.15, 0.2) is 0 Å². The molecule has 1 heterocycles. The van der Waals surface area contributed by atoms with Crippen molar-refractivity contribution < 1.29 is 9.90 Å². The summed E-state index contributed by atoms with van der Waals surface area (Å²) in [4.78, 5) is 14.5. The van der Waals surface area contributed by atoms with Gasteiger partial charge in [-0.2, -0.15) is 0 Å². The number of likely N-dealkylation sites (tertiary alicyclic amines) is 1. The maximum atomic E-state index is 12.0. The van der Waals surface area contributed by atoms with E-state index in [4.69, 9.17) is 0 Å². The lowest BCUT2D eigenvalue weighted by Gasteiger charge is -2.35. The number of rotatable bonds is 7. The van der Waals surface area contributed by atoms with Gasteiger partial charge in [-0.1, -0.05) is 13.3 Å². The molecule has 0 aromatic rings. The predicted octanol–water partition coefficient (Wildman–Crippen LogP) is 1.96. The summed E-state index contributed by atoms with van der Waals surface area (Å²) in [6.45, 7) is 11.3. The third-order valence-corrected chi connectivity index (χ3v) is 4.40. The van der Waals surface area contributed by atoms with Gasteiger partial charge in [0.25, 0.3) is 0 Å². The zero-order valence-corrected chi connectivity index (χ0v) is 14.1. The van der Waals surface area contributed by atoms with E-state index in [0.717, 1.165) is 19.4 Å². The van der Waals surface area contributed by atoms with Crippen molar-refractivity contribution in [2.75, 3.05) is 26.2 Å². The number of hydrogen-bond donors (Lipinski definition) is 3. The Morgan fingerprint density at radius 3 is 2.76 bits per heavy atom. The molecular weight excluding hydrogens is 266 g/mol. The molecule has 2 unspecified atom stereocenters. The summed E-state index contributed by atoms with van der Waals surface area (Å²) in [5, 5.41) is 15.3. The molecule has 5 heteroatoms. The first-order valence-electron chi connectivity index (χ1n) is 8.31. The van der Waals surface area contributed by atoms with Gasteiger partial charge in [0, 0.05) is 19.1 Å². The first-order chi connectivity index (χ1) is 9.90. The highest BCUT2D eigenvalue weighted by Crippen LogP contribution is 2.17. The molecule has 1 fully saturated rings. The first kappa shape index (κ1) is 18.2. The summed E-state index contributed by atoms with van der Waals surface area (Å²) in [6.07, 6.45) is 4.09. The van der Waals surface area contributed by atoms with Crippen molar-refractivity contribution in [3.63, 3.8) is 0 Å². The highest BCUT2D eigenvalue weighted by Gasteiger charge is 2.26. The lowest BCUT2D eigenvalue weighted by molar-refractivity contribution is 0.136. The zero-order valence-electron chi connectivity index (χ0n) is 14.1. The van der Waals surface area contributed by atoms with E-state index in [-0.39, 0.29) is 12.6 Å². The fourth-order valence-electron chi connectivity index (χ4n) is 3.02. The molecule has 0 radical (unpaired) electrons. The lowest BCUT2D eigenvalue weighted by Crippen LogP contribution is -2.53. The molecule has 1 saturated heterocycles. The van der Waals surface area contributed by atoms with Gasteiger partial charge in [0.05, 0.1) is 12.1 Å². The Labute approximate surface area is 129 Å². The SMILES string of the molecule is CCCC(C)(CO)NC(=O)NCC1CCCN(C(C)C)C1. The van der Waals surface area contributed by atoms with Crippen LogP contribution in [-0.2, 0) is 0 Å². The second kappa shape index (κ2) is 8.59.